The second-order valence-corrected chi connectivity index (χ2v) is 1.86. The normalized spacial score (nSPS) is 18.8. The quantitative estimate of drug-likeness (QED) is 0.462. The van der Waals surface area contributed by atoms with Crippen molar-refractivity contribution in [1.82, 2.24) is 0 Å². The first kappa shape index (κ1) is 5.35. The number of hydrogen-bond acceptors (Lipinski definition) is 2. The lowest BCUT2D eigenvalue weighted by molar-refractivity contribution is 0.170. The minimum Gasteiger partial charge on any atom is -0.391 e. The van der Waals surface area contributed by atoms with Crippen LogP contribution in [0, 0.1) is 0 Å². The van der Waals surface area contributed by atoms with Gasteiger partial charge >= 0.3 is 0 Å². The molecule has 1 aliphatic heterocycles. The average Bonchev–Trinajstić information content (AvgIpc) is 1.77. The summed E-state index contributed by atoms with van der Waals surface area (Å²) < 4.78 is 0. The van der Waals surface area contributed by atoms with Crippen molar-refractivity contribution < 1.29 is 4.84 Å². The van der Waals surface area contributed by atoms with Gasteiger partial charge in [-0.05, 0) is 25.5 Å². The molecule has 2 nitrogen and oxygen atoms in total. The Morgan fingerprint density at radius 3 is 2.75 bits per heavy atom. The largest absolute Gasteiger partial charge is 0.391 e. The van der Waals surface area contributed by atoms with E-state index in [9.17, 15) is 0 Å². The van der Waals surface area contributed by atoms with E-state index in [4.69, 9.17) is 4.84 Å². The fraction of sp³-hybridized carbons (Fsp3) is 0.500. The van der Waals surface area contributed by atoms with Crippen molar-refractivity contribution in [2.45, 2.75) is 13.8 Å². The van der Waals surface area contributed by atoms with E-state index >= 15 is 0 Å². The van der Waals surface area contributed by atoms with Gasteiger partial charge in [-0.15, -0.1) is 0 Å². The lowest BCUT2D eigenvalue weighted by Gasteiger charge is -2.05. The first-order valence-electron chi connectivity index (χ1n) is 2.64. The minimum atomic E-state index is 0.628. The molecule has 0 radical (unpaired) electrons. The molecule has 0 atom stereocenters. The summed E-state index contributed by atoms with van der Waals surface area (Å²) in [5, 5.41) is 3.76. The van der Waals surface area contributed by atoms with Crippen molar-refractivity contribution in [3.05, 3.63) is 11.6 Å². The van der Waals surface area contributed by atoms with Gasteiger partial charge in [0.15, 0.2) is 0 Å². The second kappa shape index (κ2) is 1.99. The molecule has 0 unspecified atom stereocenters. The van der Waals surface area contributed by atoms with Gasteiger partial charge in [0, 0.05) is 0 Å². The molecule has 0 aliphatic carbocycles. The number of allylic oxidation sites excluding steroid dienone is 1. The molecule has 44 valence electrons. The van der Waals surface area contributed by atoms with E-state index in [1.807, 2.05) is 19.9 Å². The summed E-state index contributed by atoms with van der Waals surface area (Å²) in [6.45, 7) is 4.59. The molecule has 1 rings (SSSR count). The van der Waals surface area contributed by atoms with Gasteiger partial charge in [0.1, 0.15) is 6.61 Å². The Labute approximate surface area is 48.8 Å². The minimum absolute atomic E-state index is 0.628. The zero-order chi connectivity index (χ0) is 5.98. The molecular weight excluding hydrogens is 102 g/mol. The molecule has 2 heteroatoms. The standard InChI is InChI=1S/C6H9NO/c1-5-3-4-8-7-6(5)2/h3H,4H2,1-2H3. The highest BCUT2D eigenvalue weighted by atomic mass is 16.6. The van der Waals surface area contributed by atoms with Crippen molar-refractivity contribution in [3.63, 3.8) is 0 Å². The van der Waals surface area contributed by atoms with Gasteiger partial charge in [0.25, 0.3) is 0 Å². The lowest BCUT2D eigenvalue weighted by atomic mass is 10.2. The van der Waals surface area contributed by atoms with E-state index in [-0.39, 0.29) is 0 Å². The van der Waals surface area contributed by atoms with E-state index in [1.165, 1.54) is 5.57 Å². The third kappa shape index (κ3) is 0.886. The van der Waals surface area contributed by atoms with Crippen molar-refractivity contribution in [1.29, 1.82) is 0 Å². The van der Waals surface area contributed by atoms with E-state index in [0.29, 0.717) is 6.61 Å². The Morgan fingerprint density at radius 1 is 1.62 bits per heavy atom. The molecule has 1 heterocycles. The molecule has 0 amide bonds. The highest BCUT2D eigenvalue weighted by Gasteiger charge is 1.98. The number of oxime groups is 1. The van der Waals surface area contributed by atoms with Gasteiger partial charge in [-0.25, -0.2) is 0 Å². The van der Waals surface area contributed by atoms with Crippen molar-refractivity contribution in [3.8, 4) is 0 Å². The fourth-order valence-electron chi connectivity index (χ4n) is 0.516. The summed E-state index contributed by atoms with van der Waals surface area (Å²) in [6.07, 6.45) is 2.02. The van der Waals surface area contributed by atoms with Gasteiger partial charge in [0.05, 0.1) is 5.71 Å². The SMILES string of the molecule is CC1=CCON=C1C. The average molecular weight is 111 g/mol. The Balaban J connectivity index is 2.73. The maximum absolute atomic E-state index is 4.76. The van der Waals surface area contributed by atoms with Crippen molar-refractivity contribution >= 4 is 5.71 Å². The zero-order valence-corrected chi connectivity index (χ0v) is 5.14. The first-order chi connectivity index (χ1) is 3.80. The van der Waals surface area contributed by atoms with Gasteiger partial charge in [-0.1, -0.05) is 5.16 Å². The summed E-state index contributed by atoms with van der Waals surface area (Å²) in [5.74, 6) is 0. The molecule has 0 saturated carbocycles. The Morgan fingerprint density at radius 2 is 2.38 bits per heavy atom. The molecule has 0 fully saturated rings. The van der Waals surface area contributed by atoms with Crippen LogP contribution < -0.4 is 0 Å². The summed E-state index contributed by atoms with van der Waals surface area (Å²) in [6, 6.07) is 0. The van der Waals surface area contributed by atoms with Crippen molar-refractivity contribution in [2.24, 2.45) is 5.16 Å². The van der Waals surface area contributed by atoms with Crippen LogP contribution in [0.2, 0.25) is 0 Å². The molecule has 0 bridgehead atoms. The lowest BCUT2D eigenvalue weighted by Crippen LogP contribution is -2.02. The molecular formula is C6H9NO. The smallest absolute Gasteiger partial charge is 0.136 e. The van der Waals surface area contributed by atoms with E-state index in [2.05, 4.69) is 5.16 Å². The molecule has 0 spiro atoms. The summed E-state index contributed by atoms with van der Waals surface area (Å²) in [4.78, 5) is 4.76. The van der Waals surface area contributed by atoms with Crippen molar-refractivity contribution in [2.75, 3.05) is 6.61 Å². The third-order valence-corrected chi connectivity index (χ3v) is 1.24. The van der Waals surface area contributed by atoms with Crippen LogP contribution in [0.3, 0.4) is 0 Å². The van der Waals surface area contributed by atoms with Gasteiger partial charge in [-0.2, -0.15) is 0 Å². The number of rotatable bonds is 0. The summed E-state index contributed by atoms with van der Waals surface area (Å²) in [7, 11) is 0. The van der Waals surface area contributed by atoms with Crippen LogP contribution in [0.1, 0.15) is 13.8 Å². The van der Waals surface area contributed by atoms with Crippen LogP contribution in [0.4, 0.5) is 0 Å². The van der Waals surface area contributed by atoms with Gasteiger partial charge < -0.3 is 4.84 Å². The van der Waals surface area contributed by atoms with E-state index in [0.717, 1.165) is 5.71 Å². The Bertz CT molecular complexity index is 129. The molecule has 0 N–H and O–H groups in total. The Hall–Kier alpha value is -0.790. The highest BCUT2D eigenvalue weighted by Crippen LogP contribution is 2.01. The first-order valence-corrected chi connectivity index (χ1v) is 2.64. The van der Waals surface area contributed by atoms with Gasteiger partial charge in [0.2, 0.25) is 0 Å². The molecule has 8 heavy (non-hydrogen) atoms. The van der Waals surface area contributed by atoms with Crippen LogP contribution in [-0.2, 0) is 4.84 Å². The number of nitrogens with zero attached hydrogens (tertiary/aromatic N) is 1. The molecule has 0 aromatic rings. The molecule has 1 aliphatic rings. The Kier molecular flexibility index (Phi) is 1.33. The highest BCUT2D eigenvalue weighted by molar-refractivity contribution is 5.97. The topological polar surface area (TPSA) is 21.6 Å². The van der Waals surface area contributed by atoms with E-state index in [1.54, 1.807) is 0 Å². The third-order valence-electron chi connectivity index (χ3n) is 1.24. The molecule has 0 saturated heterocycles. The van der Waals surface area contributed by atoms with Crippen LogP contribution in [-0.4, -0.2) is 12.3 Å². The summed E-state index contributed by atoms with van der Waals surface area (Å²) >= 11 is 0. The maximum Gasteiger partial charge on any atom is 0.136 e. The monoisotopic (exact) mass is 111 g/mol. The van der Waals surface area contributed by atoms with Crippen LogP contribution in [0.5, 0.6) is 0 Å². The predicted octanol–water partition coefficient (Wildman–Crippen LogP) is 1.34. The second-order valence-electron chi connectivity index (χ2n) is 1.86. The molecule has 0 aromatic heterocycles. The maximum atomic E-state index is 4.76. The van der Waals surface area contributed by atoms with E-state index < -0.39 is 0 Å². The fourth-order valence-corrected chi connectivity index (χ4v) is 0.516. The van der Waals surface area contributed by atoms with Crippen LogP contribution in [0.15, 0.2) is 16.8 Å². The molecule has 0 aromatic carbocycles. The zero-order valence-electron chi connectivity index (χ0n) is 5.14. The number of hydrogen-bond donors (Lipinski definition) is 0. The predicted molar refractivity (Wildman–Crippen MR) is 32.8 cm³/mol. The van der Waals surface area contributed by atoms with Crippen LogP contribution >= 0.6 is 0 Å². The van der Waals surface area contributed by atoms with Gasteiger partial charge in [-0.3, -0.25) is 0 Å². The van der Waals surface area contributed by atoms with Crippen LogP contribution in [0.25, 0.3) is 0 Å². The summed E-state index contributed by atoms with van der Waals surface area (Å²) in [5.41, 5.74) is 2.20.